The summed E-state index contributed by atoms with van der Waals surface area (Å²) in [5.74, 6) is 0.364. The second-order valence-electron chi connectivity index (χ2n) is 5.26. The number of hydrogen-bond acceptors (Lipinski definition) is 3. The number of aromatic hydroxyl groups is 1. The summed E-state index contributed by atoms with van der Waals surface area (Å²) < 4.78 is 0. The van der Waals surface area contributed by atoms with Gasteiger partial charge in [-0.2, -0.15) is 0 Å². The van der Waals surface area contributed by atoms with Crippen molar-refractivity contribution in [3.8, 4) is 5.75 Å². The molecule has 0 amide bonds. The van der Waals surface area contributed by atoms with E-state index >= 15 is 0 Å². The molecule has 1 aromatic carbocycles. The third kappa shape index (κ3) is 2.00. The summed E-state index contributed by atoms with van der Waals surface area (Å²) in [5, 5.41) is 19.6. The lowest BCUT2D eigenvalue weighted by Gasteiger charge is -2.28. The number of rotatable bonds is 2. The van der Waals surface area contributed by atoms with E-state index in [-0.39, 0.29) is 6.04 Å². The Morgan fingerprint density at radius 3 is 2.69 bits per heavy atom. The Labute approximate surface area is 96.3 Å². The van der Waals surface area contributed by atoms with Gasteiger partial charge in [0.25, 0.3) is 0 Å². The van der Waals surface area contributed by atoms with Gasteiger partial charge in [0.05, 0.1) is 5.60 Å². The molecular weight excluding hydrogens is 202 g/mol. The maximum absolute atomic E-state index is 9.85. The number of nitrogens with zero attached hydrogens (tertiary/aromatic N) is 1. The number of aliphatic hydroxyl groups is 1. The van der Waals surface area contributed by atoms with E-state index in [1.165, 1.54) is 0 Å². The van der Waals surface area contributed by atoms with Crippen molar-refractivity contribution in [3.63, 3.8) is 0 Å². The fourth-order valence-corrected chi connectivity index (χ4v) is 2.46. The van der Waals surface area contributed by atoms with E-state index in [0.29, 0.717) is 12.2 Å². The molecule has 0 radical (unpaired) electrons. The van der Waals surface area contributed by atoms with E-state index in [1.807, 2.05) is 33.0 Å². The second kappa shape index (κ2) is 3.67. The molecule has 0 spiro atoms. The summed E-state index contributed by atoms with van der Waals surface area (Å²) in [6, 6.07) is 5.86. The zero-order valence-electron chi connectivity index (χ0n) is 10.1. The highest BCUT2D eigenvalue weighted by Crippen LogP contribution is 2.38. The summed E-state index contributed by atoms with van der Waals surface area (Å²) in [7, 11) is 2.02. The van der Waals surface area contributed by atoms with Crippen molar-refractivity contribution in [3.05, 3.63) is 23.8 Å². The lowest BCUT2D eigenvalue weighted by molar-refractivity contribution is 0.0639. The quantitative estimate of drug-likeness (QED) is 0.801. The van der Waals surface area contributed by atoms with Crippen LogP contribution in [0.5, 0.6) is 5.75 Å². The highest BCUT2D eigenvalue weighted by Gasteiger charge is 2.32. The van der Waals surface area contributed by atoms with Gasteiger partial charge in [0.15, 0.2) is 0 Å². The summed E-state index contributed by atoms with van der Waals surface area (Å²) in [6.45, 7) is 3.65. The molecule has 1 heterocycles. The lowest BCUT2D eigenvalue weighted by Crippen LogP contribution is -2.35. The van der Waals surface area contributed by atoms with Gasteiger partial charge in [-0.15, -0.1) is 0 Å². The molecule has 3 nitrogen and oxygen atoms in total. The van der Waals surface area contributed by atoms with Crippen LogP contribution in [0.4, 0.5) is 5.69 Å². The molecule has 0 fully saturated rings. The lowest BCUT2D eigenvalue weighted by atomic mass is 9.96. The standard InChI is InChI=1S/C13H19NO2/c1-13(2,16)8-9-7-10-11(14(9)3)5-4-6-12(10)15/h4-6,9,15-16H,7-8H2,1-3H3. The van der Waals surface area contributed by atoms with Gasteiger partial charge in [-0.1, -0.05) is 6.07 Å². The SMILES string of the molecule is CN1c2cccc(O)c2CC1CC(C)(C)O. The highest BCUT2D eigenvalue weighted by molar-refractivity contribution is 5.63. The van der Waals surface area contributed by atoms with Crippen molar-refractivity contribution >= 4 is 5.69 Å². The molecule has 2 N–H and O–H groups in total. The molecule has 1 aliphatic heterocycles. The molecular formula is C13H19NO2. The van der Waals surface area contributed by atoms with Crippen LogP contribution in [0.1, 0.15) is 25.8 Å². The van der Waals surface area contributed by atoms with Gasteiger partial charge in [0.1, 0.15) is 5.75 Å². The number of hydrogen-bond donors (Lipinski definition) is 2. The molecule has 0 aromatic heterocycles. The van der Waals surface area contributed by atoms with E-state index in [4.69, 9.17) is 0 Å². The fourth-order valence-electron chi connectivity index (χ4n) is 2.46. The van der Waals surface area contributed by atoms with Gasteiger partial charge in [-0.3, -0.25) is 0 Å². The maximum Gasteiger partial charge on any atom is 0.120 e. The van der Waals surface area contributed by atoms with Gasteiger partial charge in [0.2, 0.25) is 0 Å². The van der Waals surface area contributed by atoms with Gasteiger partial charge < -0.3 is 15.1 Å². The Hall–Kier alpha value is -1.22. The number of benzene rings is 1. The van der Waals surface area contributed by atoms with Gasteiger partial charge >= 0.3 is 0 Å². The average molecular weight is 221 g/mol. The number of likely N-dealkylation sites (N-methyl/N-ethyl adjacent to an activating group) is 1. The summed E-state index contributed by atoms with van der Waals surface area (Å²) in [6.07, 6.45) is 1.51. The van der Waals surface area contributed by atoms with Crippen molar-refractivity contribution < 1.29 is 10.2 Å². The van der Waals surface area contributed by atoms with Crippen LogP contribution in [0.25, 0.3) is 0 Å². The monoisotopic (exact) mass is 221 g/mol. The molecule has 1 atom stereocenters. The Bertz CT molecular complexity index is 395. The molecule has 0 saturated heterocycles. The summed E-state index contributed by atoms with van der Waals surface area (Å²) in [5.41, 5.74) is 1.41. The topological polar surface area (TPSA) is 43.7 Å². The molecule has 1 unspecified atom stereocenters. The third-order valence-electron chi connectivity index (χ3n) is 3.23. The first-order valence-electron chi connectivity index (χ1n) is 5.64. The zero-order chi connectivity index (χ0) is 11.9. The van der Waals surface area contributed by atoms with Crippen LogP contribution in [-0.4, -0.2) is 28.9 Å². The molecule has 1 aromatic rings. The Kier molecular flexibility index (Phi) is 2.58. The van der Waals surface area contributed by atoms with Crippen LogP contribution < -0.4 is 4.90 Å². The van der Waals surface area contributed by atoms with Crippen molar-refractivity contribution in [1.29, 1.82) is 0 Å². The Morgan fingerprint density at radius 1 is 1.44 bits per heavy atom. The minimum absolute atomic E-state index is 0.267. The minimum atomic E-state index is -0.670. The van der Waals surface area contributed by atoms with E-state index in [2.05, 4.69) is 4.90 Å². The molecule has 0 saturated carbocycles. The molecule has 88 valence electrons. The van der Waals surface area contributed by atoms with Crippen LogP contribution in [0.3, 0.4) is 0 Å². The fraction of sp³-hybridized carbons (Fsp3) is 0.538. The average Bonchev–Trinajstić information content (AvgIpc) is 2.44. The van der Waals surface area contributed by atoms with Gasteiger partial charge in [-0.25, -0.2) is 0 Å². The van der Waals surface area contributed by atoms with E-state index in [1.54, 1.807) is 6.07 Å². The largest absolute Gasteiger partial charge is 0.508 e. The summed E-state index contributed by atoms with van der Waals surface area (Å²) in [4.78, 5) is 2.15. The predicted molar refractivity (Wildman–Crippen MR) is 64.9 cm³/mol. The Balaban J connectivity index is 2.24. The van der Waals surface area contributed by atoms with Crippen LogP contribution >= 0.6 is 0 Å². The van der Waals surface area contributed by atoms with Gasteiger partial charge in [0, 0.05) is 24.3 Å². The third-order valence-corrected chi connectivity index (χ3v) is 3.23. The first kappa shape index (κ1) is 11.3. The first-order valence-corrected chi connectivity index (χ1v) is 5.64. The van der Waals surface area contributed by atoms with E-state index in [9.17, 15) is 10.2 Å². The van der Waals surface area contributed by atoms with Crippen molar-refractivity contribution in [2.24, 2.45) is 0 Å². The predicted octanol–water partition coefficient (Wildman–Crippen LogP) is 1.91. The molecule has 1 aliphatic rings. The highest BCUT2D eigenvalue weighted by atomic mass is 16.3. The van der Waals surface area contributed by atoms with E-state index in [0.717, 1.165) is 17.7 Å². The van der Waals surface area contributed by atoms with Crippen LogP contribution in [0.15, 0.2) is 18.2 Å². The molecule has 3 heteroatoms. The molecule has 16 heavy (non-hydrogen) atoms. The summed E-state index contributed by atoms with van der Waals surface area (Å²) >= 11 is 0. The second-order valence-corrected chi connectivity index (χ2v) is 5.26. The normalized spacial score (nSPS) is 20.0. The number of fused-ring (bicyclic) bond motifs is 1. The smallest absolute Gasteiger partial charge is 0.120 e. The maximum atomic E-state index is 9.85. The van der Waals surface area contributed by atoms with Gasteiger partial charge in [-0.05, 0) is 38.8 Å². The molecule has 0 bridgehead atoms. The van der Waals surface area contributed by atoms with Crippen molar-refractivity contribution in [1.82, 2.24) is 0 Å². The number of anilines is 1. The van der Waals surface area contributed by atoms with E-state index < -0.39 is 5.60 Å². The minimum Gasteiger partial charge on any atom is -0.508 e. The Morgan fingerprint density at radius 2 is 2.12 bits per heavy atom. The van der Waals surface area contributed by atoms with Crippen molar-refractivity contribution in [2.45, 2.75) is 38.3 Å². The van der Waals surface area contributed by atoms with Crippen molar-refractivity contribution in [2.75, 3.05) is 11.9 Å². The zero-order valence-corrected chi connectivity index (χ0v) is 10.1. The van der Waals surface area contributed by atoms with Crippen LogP contribution in [0, 0.1) is 0 Å². The number of phenolic OH excluding ortho intramolecular Hbond substituents is 1. The van der Waals surface area contributed by atoms with Crippen LogP contribution in [-0.2, 0) is 6.42 Å². The van der Waals surface area contributed by atoms with Crippen LogP contribution in [0.2, 0.25) is 0 Å². The first-order chi connectivity index (χ1) is 7.38. The number of phenols is 1. The molecule has 2 rings (SSSR count). The molecule has 0 aliphatic carbocycles.